The molecule has 25 heavy (non-hydrogen) atoms. The van der Waals surface area contributed by atoms with E-state index in [1.165, 1.54) is 0 Å². The Kier molecular flexibility index (Phi) is 6.07. The van der Waals surface area contributed by atoms with Crippen LogP contribution in [0.5, 0.6) is 5.75 Å². The molecule has 3 N–H and O–H groups in total. The molecule has 0 radical (unpaired) electrons. The lowest BCUT2D eigenvalue weighted by atomic mass is 10.1. The third-order valence-corrected chi connectivity index (χ3v) is 3.79. The van der Waals surface area contributed by atoms with Gasteiger partial charge in [0.1, 0.15) is 11.4 Å². The smallest absolute Gasteiger partial charge is 0.220 e. The van der Waals surface area contributed by atoms with Gasteiger partial charge in [0.15, 0.2) is 0 Å². The Balaban J connectivity index is 1.94. The first-order chi connectivity index (χ1) is 11.7. The van der Waals surface area contributed by atoms with Gasteiger partial charge in [0.05, 0.1) is 0 Å². The Morgan fingerprint density at radius 1 is 1.12 bits per heavy atom. The van der Waals surface area contributed by atoms with E-state index in [0.29, 0.717) is 19.4 Å². The van der Waals surface area contributed by atoms with Gasteiger partial charge in [-0.3, -0.25) is 4.79 Å². The highest BCUT2D eigenvalue weighted by atomic mass is 16.5. The number of amides is 1. The van der Waals surface area contributed by atoms with Crippen molar-refractivity contribution >= 4 is 11.6 Å². The molecule has 4 heteroatoms. The first-order valence-electron chi connectivity index (χ1n) is 8.63. The molecule has 0 spiro atoms. The molecule has 134 valence electrons. The number of nitrogens with two attached hydrogens (primary N) is 1. The Bertz CT molecular complexity index is 733. The number of ether oxygens (including phenoxy) is 1. The number of nitrogen functional groups attached to an aromatic ring is 1. The second-order valence-corrected chi connectivity index (χ2v) is 7.30. The summed E-state index contributed by atoms with van der Waals surface area (Å²) >= 11 is 0. The maximum Gasteiger partial charge on any atom is 0.220 e. The van der Waals surface area contributed by atoms with Gasteiger partial charge in [-0.2, -0.15) is 0 Å². The molecule has 1 amide bonds. The molecule has 0 aliphatic heterocycles. The minimum absolute atomic E-state index is 0.00513. The van der Waals surface area contributed by atoms with Gasteiger partial charge in [0, 0.05) is 24.2 Å². The third-order valence-electron chi connectivity index (χ3n) is 3.79. The van der Waals surface area contributed by atoms with E-state index >= 15 is 0 Å². The van der Waals surface area contributed by atoms with Gasteiger partial charge in [0.25, 0.3) is 0 Å². The van der Waals surface area contributed by atoms with Crippen LogP contribution in [0, 0.1) is 6.92 Å². The first-order valence-corrected chi connectivity index (χ1v) is 8.63. The molecule has 2 aromatic rings. The van der Waals surface area contributed by atoms with Crippen LogP contribution in [-0.2, 0) is 17.8 Å². The summed E-state index contributed by atoms with van der Waals surface area (Å²) in [6.45, 7) is 8.53. The van der Waals surface area contributed by atoms with E-state index in [-0.39, 0.29) is 11.5 Å². The van der Waals surface area contributed by atoms with Gasteiger partial charge in [-0.15, -0.1) is 0 Å². The molecule has 0 unspecified atom stereocenters. The molecule has 2 rings (SSSR count). The zero-order chi connectivity index (χ0) is 18.4. The summed E-state index contributed by atoms with van der Waals surface area (Å²) in [7, 11) is 0. The number of nitrogens with one attached hydrogen (secondary N) is 1. The fourth-order valence-electron chi connectivity index (χ4n) is 2.52. The van der Waals surface area contributed by atoms with Crippen LogP contribution in [0.15, 0.2) is 42.5 Å². The topological polar surface area (TPSA) is 64.4 Å². The van der Waals surface area contributed by atoms with E-state index < -0.39 is 0 Å². The second kappa shape index (κ2) is 8.06. The molecule has 0 aromatic heterocycles. The summed E-state index contributed by atoms with van der Waals surface area (Å²) in [6, 6.07) is 13.7. The van der Waals surface area contributed by atoms with Crippen molar-refractivity contribution in [1.82, 2.24) is 5.32 Å². The van der Waals surface area contributed by atoms with Crippen LogP contribution in [-0.4, -0.2) is 11.5 Å². The molecule has 0 saturated carbocycles. The summed E-state index contributed by atoms with van der Waals surface area (Å²) in [5.41, 5.74) is 9.48. The largest absolute Gasteiger partial charge is 0.488 e. The lowest BCUT2D eigenvalue weighted by Crippen LogP contribution is -2.26. The molecule has 0 atom stereocenters. The Hall–Kier alpha value is -2.49. The number of hydrogen-bond donors (Lipinski definition) is 2. The summed E-state index contributed by atoms with van der Waals surface area (Å²) < 4.78 is 6.02. The number of carbonyl (C=O) groups excluding carboxylic acids is 1. The van der Waals surface area contributed by atoms with E-state index in [1.807, 2.05) is 70.2 Å². The van der Waals surface area contributed by atoms with Crippen molar-refractivity contribution < 1.29 is 9.53 Å². The summed E-state index contributed by atoms with van der Waals surface area (Å²) in [4.78, 5) is 12.2. The Morgan fingerprint density at radius 2 is 1.84 bits per heavy atom. The molecule has 0 bridgehead atoms. The van der Waals surface area contributed by atoms with E-state index in [0.717, 1.165) is 28.1 Å². The molecule has 0 saturated heterocycles. The van der Waals surface area contributed by atoms with Gasteiger partial charge in [0.2, 0.25) is 5.91 Å². The van der Waals surface area contributed by atoms with E-state index in [2.05, 4.69) is 5.32 Å². The number of rotatable bonds is 6. The molecule has 0 heterocycles. The number of hydrogen-bond acceptors (Lipinski definition) is 3. The standard InChI is InChI=1S/C21H28N2O2/c1-15-9-10-17(19(13-15)25-21(2,3)4)14-23-20(24)12-11-16-7-5-6-8-18(16)22/h5-10,13H,11-12,14,22H2,1-4H3,(H,23,24). The van der Waals surface area contributed by atoms with Crippen LogP contribution in [0.25, 0.3) is 0 Å². The highest BCUT2D eigenvalue weighted by molar-refractivity contribution is 5.76. The van der Waals surface area contributed by atoms with Crippen molar-refractivity contribution in [3.8, 4) is 5.75 Å². The summed E-state index contributed by atoms with van der Waals surface area (Å²) in [6.07, 6.45) is 1.05. The van der Waals surface area contributed by atoms with Crippen molar-refractivity contribution in [2.45, 2.75) is 52.7 Å². The summed E-state index contributed by atoms with van der Waals surface area (Å²) in [5.74, 6) is 0.825. The van der Waals surface area contributed by atoms with Crippen LogP contribution in [0.3, 0.4) is 0 Å². The van der Waals surface area contributed by atoms with Crippen LogP contribution in [0.4, 0.5) is 5.69 Å². The molecular weight excluding hydrogens is 312 g/mol. The van der Waals surface area contributed by atoms with Gasteiger partial charge in [-0.1, -0.05) is 30.3 Å². The van der Waals surface area contributed by atoms with Crippen LogP contribution in [0.2, 0.25) is 0 Å². The molecular formula is C21H28N2O2. The predicted molar refractivity (Wildman–Crippen MR) is 103 cm³/mol. The van der Waals surface area contributed by atoms with Crippen molar-refractivity contribution in [3.05, 3.63) is 59.2 Å². The lowest BCUT2D eigenvalue weighted by molar-refractivity contribution is -0.121. The molecule has 2 aromatic carbocycles. The van der Waals surface area contributed by atoms with Crippen molar-refractivity contribution in [3.63, 3.8) is 0 Å². The highest BCUT2D eigenvalue weighted by Gasteiger charge is 2.15. The number of para-hydroxylation sites is 1. The maximum atomic E-state index is 12.2. The Morgan fingerprint density at radius 3 is 2.52 bits per heavy atom. The van der Waals surface area contributed by atoms with E-state index in [4.69, 9.17) is 10.5 Å². The fourth-order valence-corrected chi connectivity index (χ4v) is 2.52. The predicted octanol–water partition coefficient (Wildman–Crippen LogP) is 4.00. The van der Waals surface area contributed by atoms with Crippen LogP contribution in [0.1, 0.15) is 43.9 Å². The monoisotopic (exact) mass is 340 g/mol. The van der Waals surface area contributed by atoms with Crippen LogP contribution < -0.4 is 15.8 Å². The second-order valence-electron chi connectivity index (χ2n) is 7.30. The van der Waals surface area contributed by atoms with Gasteiger partial charge < -0.3 is 15.8 Å². The third kappa shape index (κ3) is 6.14. The van der Waals surface area contributed by atoms with Gasteiger partial charge >= 0.3 is 0 Å². The molecule has 4 nitrogen and oxygen atoms in total. The average molecular weight is 340 g/mol. The van der Waals surface area contributed by atoms with E-state index in [9.17, 15) is 4.79 Å². The quantitative estimate of drug-likeness (QED) is 0.781. The van der Waals surface area contributed by atoms with E-state index in [1.54, 1.807) is 0 Å². The molecule has 0 fully saturated rings. The minimum atomic E-state index is -0.280. The maximum absolute atomic E-state index is 12.2. The minimum Gasteiger partial charge on any atom is -0.488 e. The number of anilines is 1. The average Bonchev–Trinajstić information content (AvgIpc) is 2.52. The zero-order valence-electron chi connectivity index (χ0n) is 15.6. The van der Waals surface area contributed by atoms with Crippen LogP contribution >= 0.6 is 0 Å². The number of benzene rings is 2. The van der Waals surface area contributed by atoms with Gasteiger partial charge in [-0.25, -0.2) is 0 Å². The molecule has 0 aliphatic rings. The van der Waals surface area contributed by atoms with Crippen molar-refractivity contribution in [2.75, 3.05) is 5.73 Å². The first kappa shape index (κ1) is 18.8. The highest BCUT2D eigenvalue weighted by Crippen LogP contribution is 2.24. The normalized spacial score (nSPS) is 11.2. The SMILES string of the molecule is Cc1ccc(CNC(=O)CCc2ccccc2N)c(OC(C)(C)C)c1. The molecule has 0 aliphatic carbocycles. The van der Waals surface area contributed by atoms with Crippen molar-refractivity contribution in [1.29, 1.82) is 0 Å². The fraction of sp³-hybridized carbons (Fsp3) is 0.381. The number of aryl methyl sites for hydroxylation is 2. The number of carbonyl (C=O) groups is 1. The van der Waals surface area contributed by atoms with Crippen molar-refractivity contribution in [2.24, 2.45) is 0 Å². The summed E-state index contributed by atoms with van der Waals surface area (Å²) in [5, 5.41) is 2.97. The lowest BCUT2D eigenvalue weighted by Gasteiger charge is -2.23. The van der Waals surface area contributed by atoms with Gasteiger partial charge in [-0.05, 0) is 57.4 Å². The Labute approximate surface area is 150 Å². The zero-order valence-corrected chi connectivity index (χ0v) is 15.6.